The van der Waals surface area contributed by atoms with E-state index in [2.05, 4.69) is 24.1 Å². The summed E-state index contributed by atoms with van der Waals surface area (Å²) in [4.78, 5) is 13.7. The molecular formula is C17H22ClNO2. The van der Waals surface area contributed by atoms with E-state index in [1.54, 1.807) is 0 Å². The summed E-state index contributed by atoms with van der Waals surface area (Å²) in [7, 11) is 2.21. The molecule has 0 saturated carbocycles. The Bertz CT molecular complexity index is 516. The maximum Gasteiger partial charge on any atom is 0.302 e. The van der Waals surface area contributed by atoms with Gasteiger partial charge in [-0.15, -0.1) is 0 Å². The smallest absolute Gasteiger partial charge is 0.302 e. The predicted octanol–water partition coefficient (Wildman–Crippen LogP) is 3.47. The molecule has 21 heavy (non-hydrogen) atoms. The number of rotatable bonds is 3. The third-order valence-electron chi connectivity index (χ3n) is 5.21. The number of carbonyl (C=O) groups is 1. The third kappa shape index (κ3) is 2.95. The summed E-state index contributed by atoms with van der Waals surface area (Å²) in [5.41, 5.74) is 1.32. The molecule has 2 fully saturated rings. The van der Waals surface area contributed by atoms with Crippen LogP contribution in [0.3, 0.4) is 0 Å². The molecular weight excluding hydrogens is 286 g/mol. The van der Waals surface area contributed by atoms with Gasteiger partial charge in [0, 0.05) is 29.9 Å². The molecule has 0 amide bonds. The van der Waals surface area contributed by atoms with E-state index in [0.717, 1.165) is 11.4 Å². The van der Waals surface area contributed by atoms with Gasteiger partial charge in [-0.3, -0.25) is 4.79 Å². The molecule has 0 N–H and O–H groups in total. The number of esters is 1. The highest BCUT2D eigenvalue weighted by Gasteiger charge is 2.46. The standard InChI is InChI=1S/C17H22ClNO2/c1-11(20)21-10-16-15(12-3-5-13(18)6-4-12)9-14-7-8-17(16)19(14)2/h3-6,14-17H,7-10H2,1-2H3/t14-,15?,16+,17?/m1/s1. The monoisotopic (exact) mass is 307 g/mol. The molecule has 0 radical (unpaired) electrons. The molecule has 114 valence electrons. The number of nitrogens with zero attached hydrogens (tertiary/aromatic N) is 1. The van der Waals surface area contributed by atoms with Gasteiger partial charge in [0.1, 0.15) is 0 Å². The molecule has 0 spiro atoms. The fraction of sp³-hybridized carbons (Fsp3) is 0.588. The van der Waals surface area contributed by atoms with Crippen molar-refractivity contribution in [3.63, 3.8) is 0 Å². The van der Waals surface area contributed by atoms with E-state index in [4.69, 9.17) is 16.3 Å². The van der Waals surface area contributed by atoms with Crippen molar-refractivity contribution in [3.05, 3.63) is 34.9 Å². The molecule has 2 saturated heterocycles. The van der Waals surface area contributed by atoms with Crippen LogP contribution in [-0.4, -0.2) is 36.6 Å². The molecule has 3 rings (SSSR count). The Morgan fingerprint density at radius 1 is 1.33 bits per heavy atom. The van der Waals surface area contributed by atoms with Crippen LogP contribution in [0.4, 0.5) is 0 Å². The van der Waals surface area contributed by atoms with Gasteiger partial charge in [0.15, 0.2) is 0 Å². The van der Waals surface area contributed by atoms with Crippen molar-refractivity contribution in [2.45, 2.75) is 44.2 Å². The summed E-state index contributed by atoms with van der Waals surface area (Å²) in [5.74, 6) is 0.641. The second-order valence-corrected chi connectivity index (χ2v) is 6.76. The van der Waals surface area contributed by atoms with Crippen LogP contribution in [-0.2, 0) is 9.53 Å². The number of piperidine rings is 1. The second kappa shape index (κ2) is 5.98. The van der Waals surface area contributed by atoms with Crippen LogP contribution in [0.1, 0.15) is 37.7 Å². The van der Waals surface area contributed by atoms with Crippen molar-refractivity contribution in [1.82, 2.24) is 4.90 Å². The Morgan fingerprint density at radius 2 is 2.05 bits per heavy atom. The lowest BCUT2D eigenvalue weighted by Crippen LogP contribution is -2.47. The summed E-state index contributed by atoms with van der Waals surface area (Å²) in [5, 5.41) is 0.770. The molecule has 1 aromatic carbocycles. The van der Waals surface area contributed by atoms with E-state index >= 15 is 0 Å². The first-order valence-electron chi connectivity index (χ1n) is 7.67. The largest absolute Gasteiger partial charge is 0.465 e. The van der Waals surface area contributed by atoms with Crippen molar-refractivity contribution in [2.75, 3.05) is 13.7 Å². The zero-order valence-corrected chi connectivity index (χ0v) is 13.3. The fourth-order valence-electron chi connectivity index (χ4n) is 4.11. The van der Waals surface area contributed by atoms with Crippen molar-refractivity contribution >= 4 is 17.6 Å². The van der Waals surface area contributed by atoms with Gasteiger partial charge in [-0.25, -0.2) is 0 Å². The Balaban J connectivity index is 1.85. The van der Waals surface area contributed by atoms with Crippen LogP contribution in [0, 0.1) is 5.92 Å². The van der Waals surface area contributed by atoms with Crippen molar-refractivity contribution < 1.29 is 9.53 Å². The topological polar surface area (TPSA) is 29.5 Å². The molecule has 2 bridgehead atoms. The van der Waals surface area contributed by atoms with Gasteiger partial charge in [-0.1, -0.05) is 23.7 Å². The van der Waals surface area contributed by atoms with Crippen LogP contribution >= 0.6 is 11.6 Å². The minimum Gasteiger partial charge on any atom is -0.465 e. The lowest BCUT2D eigenvalue weighted by molar-refractivity contribution is -0.143. The lowest BCUT2D eigenvalue weighted by Gasteiger charge is -2.43. The highest BCUT2D eigenvalue weighted by Crippen LogP contribution is 2.46. The quantitative estimate of drug-likeness (QED) is 0.801. The number of halogens is 1. The van der Waals surface area contributed by atoms with Crippen molar-refractivity contribution in [1.29, 1.82) is 0 Å². The van der Waals surface area contributed by atoms with Crippen molar-refractivity contribution in [2.24, 2.45) is 5.92 Å². The average molecular weight is 308 g/mol. The van der Waals surface area contributed by atoms with Crippen LogP contribution in [0.5, 0.6) is 0 Å². The van der Waals surface area contributed by atoms with E-state index in [0.29, 0.717) is 30.5 Å². The molecule has 4 heteroatoms. The third-order valence-corrected chi connectivity index (χ3v) is 5.46. The van der Waals surface area contributed by atoms with Gasteiger partial charge >= 0.3 is 5.97 Å². The first-order valence-corrected chi connectivity index (χ1v) is 8.05. The Labute approximate surface area is 131 Å². The maximum atomic E-state index is 11.2. The van der Waals surface area contributed by atoms with E-state index in [-0.39, 0.29) is 5.97 Å². The molecule has 1 aromatic rings. The molecule has 2 aliphatic heterocycles. The van der Waals surface area contributed by atoms with Gasteiger partial charge < -0.3 is 9.64 Å². The van der Waals surface area contributed by atoms with Crippen LogP contribution in [0.25, 0.3) is 0 Å². The van der Waals surface area contributed by atoms with E-state index in [1.807, 2.05) is 12.1 Å². The van der Waals surface area contributed by atoms with Crippen LogP contribution < -0.4 is 0 Å². The summed E-state index contributed by atoms with van der Waals surface area (Å²) in [6.45, 7) is 2.01. The van der Waals surface area contributed by atoms with Gasteiger partial charge in [-0.05, 0) is 49.9 Å². The number of carbonyl (C=O) groups excluding carboxylic acids is 1. The molecule has 2 aliphatic rings. The number of hydrogen-bond donors (Lipinski definition) is 0. The highest BCUT2D eigenvalue weighted by atomic mass is 35.5. The lowest BCUT2D eigenvalue weighted by atomic mass is 9.76. The number of ether oxygens (including phenoxy) is 1. The Kier molecular flexibility index (Phi) is 4.23. The summed E-state index contributed by atoms with van der Waals surface area (Å²) >= 11 is 6.00. The summed E-state index contributed by atoms with van der Waals surface area (Å²) in [6, 6.07) is 9.34. The maximum absolute atomic E-state index is 11.2. The minimum absolute atomic E-state index is 0.187. The second-order valence-electron chi connectivity index (χ2n) is 6.32. The molecule has 0 aliphatic carbocycles. The molecule has 3 nitrogen and oxygen atoms in total. The molecule has 2 heterocycles. The van der Waals surface area contributed by atoms with Crippen LogP contribution in [0.15, 0.2) is 24.3 Å². The Hall–Kier alpha value is -1.06. The SMILES string of the molecule is CC(=O)OC[C@H]1C(c2ccc(Cl)cc2)C[C@H]2CCC1N2C. The van der Waals surface area contributed by atoms with E-state index < -0.39 is 0 Å². The normalized spacial score (nSPS) is 32.1. The Morgan fingerprint density at radius 3 is 2.71 bits per heavy atom. The zero-order valence-electron chi connectivity index (χ0n) is 12.6. The number of hydrogen-bond acceptors (Lipinski definition) is 3. The number of benzene rings is 1. The first-order chi connectivity index (χ1) is 10.1. The molecule has 4 atom stereocenters. The summed E-state index contributed by atoms with van der Waals surface area (Å²) in [6.07, 6.45) is 3.60. The predicted molar refractivity (Wildman–Crippen MR) is 83.5 cm³/mol. The average Bonchev–Trinajstić information content (AvgIpc) is 2.70. The minimum atomic E-state index is -0.187. The highest BCUT2D eigenvalue weighted by molar-refractivity contribution is 6.30. The van der Waals surface area contributed by atoms with E-state index in [1.165, 1.54) is 25.3 Å². The van der Waals surface area contributed by atoms with Crippen molar-refractivity contribution in [3.8, 4) is 0 Å². The van der Waals surface area contributed by atoms with Gasteiger partial charge in [0.2, 0.25) is 0 Å². The molecule has 0 aromatic heterocycles. The van der Waals surface area contributed by atoms with Gasteiger partial charge in [-0.2, -0.15) is 0 Å². The molecule has 2 unspecified atom stereocenters. The number of fused-ring (bicyclic) bond motifs is 2. The zero-order chi connectivity index (χ0) is 15.0. The fourth-order valence-corrected chi connectivity index (χ4v) is 4.24. The summed E-state index contributed by atoms with van der Waals surface area (Å²) < 4.78 is 5.36. The van der Waals surface area contributed by atoms with E-state index in [9.17, 15) is 4.79 Å². The first kappa shape index (κ1) is 14.9. The van der Waals surface area contributed by atoms with Gasteiger partial charge in [0.05, 0.1) is 6.61 Å². The van der Waals surface area contributed by atoms with Crippen LogP contribution in [0.2, 0.25) is 5.02 Å². The van der Waals surface area contributed by atoms with Gasteiger partial charge in [0.25, 0.3) is 0 Å².